The number of hydrogen-bond acceptors (Lipinski definition) is 4. The van der Waals surface area contributed by atoms with Gasteiger partial charge >= 0.3 is 5.97 Å². The van der Waals surface area contributed by atoms with E-state index in [1.165, 1.54) is 25.1 Å². The van der Waals surface area contributed by atoms with Crippen LogP contribution in [0.5, 0.6) is 11.5 Å². The van der Waals surface area contributed by atoms with E-state index < -0.39 is 5.97 Å². The van der Waals surface area contributed by atoms with Crippen LogP contribution in [-0.4, -0.2) is 27.1 Å². The Hall–Kier alpha value is -2.82. The second-order valence-electron chi connectivity index (χ2n) is 3.90. The third kappa shape index (κ3) is 8.58. The fourth-order valence-electron chi connectivity index (χ4n) is 1.43. The molecule has 5 nitrogen and oxygen atoms in total. The summed E-state index contributed by atoms with van der Waals surface area (Å²) in [5, 5.41) is 26.4. The van der Waals surface area contributed by atoms with Gasteiger partial charge in [0.15, 0.2) is 5.78 Å². The van der Waals surface area contributed by atoms with E-state index in [4.69, 9.17) is 15.3 Å². The van der Waals surface area contributed by atoms with E-state index in [9.17, 15) is 9.59 Å². The third-order valence-electron chi connectivity index (χ3n) is 2.42. The monoisotopic (exact) mass is 334 g/mol. The maximum absolute atomic E-state index is 10.7. The highest BCUT2D eigenvalue weighted by Gasteiger charge is 2.05. The molecular weight excluding hydrogens is 308 g/mol. The van der Waals surface area contributed by atoms with Crippen LogP contribution in [0.4, 0.5) is 0 Å². The number of carboxylic acids is 1. The van der Waals surface area contributed by atoms with Crippen LogP contribution in [-0.2, 0) is 0 Å². The van der Waals surface area contributed by atoms with Gasteiger partial charge in [-0.2, -0.15) is 0 Å². The van der Waals surface area contributed by atoms with Gasteiger partial charge < -0.3 is 15.3 Å². The molecule has 0 atom stereocenters. The van der Waals surface area contributed by atoms with Crippen LogP contribution in [0.1, 0.15) is 55.3 Å². The molecule has 0 heterocycles. The number of carboxylic acid groups (broad SMARTS) is 1. The zero-order valence-electron chi connectivity index (χ0n) is 14.8. The lowest BCUT2D eigenvalue weighted by atomic mass is 10.1. The first-order chi connectivity index (χ1) is 11.4. The van der Waals surface area contributed by atoms with E-state index in [0.717, 1.165) is 0 Å². The maximum atomic E-state index is 10.7. The molecule has 0 fully saturated rings. The molecule has 24 heavy (non-hydrogen) atoms. The highest BCUT2D eigenvalue weighted by molar-refractivity contribution is 5.96. The first-order valence-electron chi connectivity index (χ1n) is 7.73. The van der Waals surface area contributed by atoms with Crippen molar-refractivity contribution in [3.63, 3.8) is 0 Å². The molecule has 0 radical (unpaired) electrons. The summed E-state index contributed by atoms with van der Waals surface area (Å²) in [7, 11) is 0. The van der Waals surface area contributed by atoms with Crippen LogP contribution in [0.3, 0.4) is 0 Å². The second kappa shape index (κ2) is 13.8. The minimum Gasteiger partial charge on any atom is -0.507 e. The average Bonchev–Trinajstić information content (AvgIpc) is 2.59. The molecule has 132 valence electrons. The van der Waals surface area contributed by atoms with Crippen LogP contribution in [0.15, 0.2) is 48.5 Å². The highest BCUT2D eigenvalue weighted by Crippen LogP contribution is 2.15. The number of aromatic hydroxyl groups is 2. The normalized spacial score (nSPS) is 8.21. The summed E-state index contributed by atoms with van der Waals surface area (Å²) in [6.45, 7) is 9.43. The van der Waals surface area contributed by atoms with Gasteiger partial charge in [0.05, 0.1) is 5.56 Å². The fraction of sp³-hybridized carbons (Fsp3) is 0.263. The molecule has 0 aromatic heterocycles. The first-order valence-corrected chi connectivity index (χ1v) is 7.73. The lowest BCUT2D eigenvalue weighted by molar-refractivity contribution is 0.0693. The topological polar surface area (TPSA) is 94.8 Å². The summed E-state index contributed by atoms with van der Waals surface area (Å²) >= 11 is 0. The molecule has 0 saturated heterocycles. The van der Waals surface area contributed by atoms with Crippen LogP contribution in [0.25, 0.3) is 0 Å². The minimum atomic E-state index is -1.11. The first kappa shape index (κ1) is 23.4. The number of phenols is 2. The van der Waals surface area contributed by atoms with Crippen LogP contribution < -0.4 is 0 Å². The van der Waals surface area contributed by atoms with Gasteiger partial charge in [-0.3, -0.25) is 4.79 Å². The third-order valence-corrected chi connectivity index (χ3v) is 2.42. The Morgan fingerprint density at radius 2 is 1.04 bits per heavy atom. The molecule has 0 aliphatic carbocycles. The van der Waals surface area contributed by atoms with Gasteiger partial charge in [0.1, 0.15) is 17.1 Å². The van der Waals surface area contributed by atoms with Gasteiger partial charge in [0, 0.05) is 0 Å². The van der Waals surface area contributed by atoms with Gasteiger partial charge in [0.25, 0.3) is 0 Å². The van der Waals surface area contributed by atoms with E-state index in [-0.39, 0.29) is 22.8 Å². The predicted octanol–water partition coefficient (Wildman–Crippen LogP) is 4.74. The van der Waals surface area contributed by atoms with Crippen molar-refractivity contribution in [1.29, 1.82) is 0 Å². The molecule has 2 rings (SSSR count). The van der Waals surface area contributed by atoms with Crippen LogP contribution >= 0.6 is 0 Å². The Morgan fingerprint density at radius 3 is 1.25 bits per heavy atom. The SMILES string of the molecule is CC.CC.CC(=O)c1ccccc1O.O=C(O)c1ccccc1O. The number of para-hydroxylation sites is 2. The Bertz CT molecular complexity index is 565. The molecule has 3 N–H and O–H groups in total. The summed E-state index contributed by atoms with van der Waals surface area (Å²) in [5.41, 5.74) is 0.310. The van der Waals surface area contributed by atoms with Gasteiger partial charge in [-0.25, -0.2) is 4.79 Å². The van der Waals surface area contributed by atoms with Gasteiger partial charge in [-0.15, -0.1) is 0 Å². The summed E-state index contributed by atoms with van der Waals surface area (Å²) in [5.74, 6) is -1.37. The Labute approximate surface area is 143 Å². The number of hydrogen-bond donors (Lipinski definition) is 3. The number of aromatic carboxylic acids is 1. The summed E-state index contributed by atoms with van der Waals surface area (Å²) in [6, 6.07) is 12.3. The Kier molecular flexibility index (Phi) is 13.5. The van der Waals surface area contributed by atoms with Crippen molar-refractivity contribution in [3.8, 4) is 11.5 Å². The quantitative estimate of drug-likeness (QED) is 0.690. The zero-order chi connectivity index (χ0) is 19.1. The molecule has 0 amide bonds. The number of benzene rings is 2. The largest absolute Gasteiger partial charge is 0.507 e. The van der Waals surface area contributed by atoms with E-state index in [1.807, 2.05) is 27.7 Å². The number of carbonyl (C=O) groups is 2. The van der Waals surface area contributed by atoms with E-state index in [2.05, 4.69) is 0 Å². The van der Waals surface area contributed by atoms with Crippen molar-refractivity contribution in [1.82, 2.24) is 0 Å². The van der Waals surface area contributed by atoms with E-state index >= 15 is 0 Å². The van der Waals surface area contributed by atoms with Crippen LogP contribution in [0, 0.1) is 0 Å². The zero-order valence-corrected chi connectivity index (χ0v) is 14.8. The Balaban J connectivity index is 0. The molecular formula is C19H26O5. The minimum absolute atomic E-state index is 0.0509. The fourth-order valence-corrected chi connectivity index (χ4v) is 1.43. The van der Waals surface area contributed by atoms with E-state index in [0.29, 0.717) is 5.56 Å². The van der Waals surface area contributed by atoms with Gasteiger partial charge in [0.2, 0.25) is 0 Å². The van der Waals surface area contributed by atoms with Gasteiger partial charge in [-0.05, 0) is 31.2 Å². The lowest BCUT2D eigenvalue weighted by Crippen LogP contribution is -1.95. The number of Topliss-reactive ketones (excluding diaryl/α,β-unsaturated/α-hetero) is 1. The number of phenolic OH excluding ortho intramolecular Hbond substituents is 1. The van der Waals surface area contributed by atoms with Crippen molar-refractivity contribution in [2.45, 2.75) is 34.6 Å². The number of ketones is 1. The molecule has 0 unspecified atom stereocenters. The van der Waals surface area contributed by atoms with Crippen molar-refractivity contribution >= 4 is 11.8 Å². The molecule has 2 aromatic rings. The summed E-state index contributed by atoms with van der Waals surface area (Å²) in [6.07, 6.45) is 0. The molecule has 2 aromatic carbocycles. The maximum Gasteiger partial charge on any atom is 0.339 e. The van der Waals surface area contributed by atoms with Crippen molar-refractivity contribution < 1.29 is 24.9 Å². The second-order valence-corrected chi connectivity index (χ2v) is 3.90. The number of carbonyl (C=O) groups excluding carboxylic acids is 1. The molecule has 5 heteroatoms. The number of rotatable bonds is 2. The average molecular weight is 334 g/mol. The molecule has 0 bridgehead atoms. The lowest BCUT2D eigenvalue weighted by Gasteiger charge is -1.96. The predicted molar refractivity (Wildman–Crippen MR) is 95.9 cm³/mol. The van der Waals surface area contributed by atoms with Crippen LogP contribution in [0.2, 0.25) is 0 Å². The Morgan fingerprint density at radius 1 is 0.708 bits per heavy atom. The van der Waals surface area contributed by atoms with Crippen molar-refractivity contribution in [2.24, 2.45) is 0 Å². The standard InChI is InChI=1S/C8H8O2.C7H6O3.2C2H6/c1-6(9)7-4-2-3-5-8(7)10;8-6-4-2-1-3-5(6)7(9)10;2*1-2/h2-5,10H,1H3;1-4,8H,(H,9,10);2*1-2H3. The smallest absolute Gasteiger partial charge is 0.339 e. The van der Waals surface area contributed by atoms with Crippen molar-refractivity contribution in [3.05, 3.63) is 59.7 Å². The van der Waals surface area contributed by atoms with Crippen molar-refractivity contribution in [2.75, 3.05) is 0 Å². The molecule has 0 spiro atoms. The molecule has 0 saturated carbocycles. The van der Waals surface area contributed by atoms with E-state index in [1.54, 1.807) is 30.3 Å². The summed E-state index contributed by atoms with van der Waals surface area (Å²) in [4.78, 5) is 21.0. The molecule has 0 aliphatic heterocycles. The summed E-state index contributed by atoms with van der Waals surface area (Å²) < 4.78 is 0. The highest BCUT2D eigenvalue weighted by atomic mass is 16.4. The molecule has 0 aliphatic rings. The van der Waals surface area contributed by atoms with Gasteiger partial charge in [-0.1, -0.05) is 52.0 Å².